The summed E-state index contributed by atoms with van der Waals surface area (Å²) in [6.45, 7) is 2.83. The maximum atomic E-state index is 11.7. The highest BCUT2D eigenvalue weighted by Crippen LogP contribution is 2.29. The Labute approximate surface area is 112 Å². The number of amides is 1. The molecule has 104 valence electrons. The van der Waals surface area contributed by atoms with E-state index in [1.165, 1.54) is 23.8 Å². The van der Waals surface area contributed by atoms with Gasteiger partial charge in [0.1, 0.15) is 5.56 Å². The Morgan fingerprint density at radius 3 is 2.79 bits per heavy atom. The molecule has 0 radical (unpaired) electrons. The van der Waals surface area contributed by atoms with E-state index >= 15 is 0 Å². The predicted molar refractivity (Wildman–Crippen MR) is 73.8 cm³/mol. The quantitative estimate of drug-likeness (QED) is 0.823. The molecule has 2 rings (SSSR count). The van der Waals surface area contributed by atoms with Crippen LogP contribution in [0.4, 0.5) is 0 Å². The third kappa shape index (κ3) is 3.04. The summed E-state index contributed by atoms with van der Waals surface area (Å²) in [4.78, 5) is 22.9. The third-order valence-corrected chi connectivity index (χ3v) is 3.99. The lowest BCUT2D eigenvalue weighted by Gasteiger charge is -2.32. The number of carbonyl (C=O) groups excluding carboxylic acids is 1. The van der Waals surface area contributed by atoms with E-state index in [0.29, 0.717) is 12.6 Å². The lowest BCUT2D eigenvalue weighted by Crippen LogP contribution is -2.37. The van der Waals surface area contributed by atoms with Crippen molar-refractivity contribution >= 4 is 5.91 Å². The first kappa shape index (κ1) is 13.8. The van der Waals surface area contributed by atoms with E-state index in [-0.39, 0.29) is 11.1 Å². The monoisotopic (exact) mass is 263 g/mol. The highest BCUT2D eigenvalue weighted by molar-refractivity contribution is 5.92. The number of primary amides is 1. The average molecular weight is 263 g/mol. The highest BCUT2D eigenvalue weighted by atomic mass is 16.2. The fourth-order valence-electron chi connectivity index (χ4n) is 2.44. The Balaban J connectivity index is 2.07. The van der Waals surface area contributed by atoms with E-state index in [2.05, 4.69) is 12.2 Å². The van der Waals surface area contributed by atoms with Crippen LogP contribution in [0.2, 0.25) is 0 Å². The molecule has 5 nitrogen and oxygen atoms in total. The van der Waals surface area contributed by atoms with Gasteiger partial charge in [-0.05, 0) is 37.3 Å². The first-order chi connectivity index (χ1) is 8.99. The van der Waals surface area contributed by atoms with Crippen molar-refractivity contribution in [1.29, 1.82) is 0 Å². The van der Waals surface area contributed by atoms with Crippen LogP contribution in [0, 0.1) is 5.92 Å². The zero-order chi connectivity index (χ0) is 14.0. The average Bonchev–Trinajstić information content (AvgIpc) is 2.27. The summed E-state index contributed by atoms with van der Waals surface area (Å²) in [7, 11) is 1.63. The summed E-state index contributed by atoms with van der Waals surface area (Å²) in [5.74, 6) is 0.0811. The Morgan fingerprint density at radius 1 is 1.58 bits per heavy atom. The van der Waals surface area contributed by atoms with Crippen LogP contribution < -0.4 is 16.6 Å². The second kappa shape index (κ2) is 5.57. The van der Waals surface area contributed by atoms with Gasteiger partial charge in [0.25, 0.3) is 11.5 Å². The van der Waals surface area contributed by atoms with Crippen molar-refractivity contribution in [3.8, 4) is 0 Å². The molecule has 1 aliphatic carbocycles. The van der Waals surface area contributed by atoms with Gasteiger partial charge in [0.2, 0.25) is 0 Å². The molecule has 1 heterocycles. The number of nitrogens with two attached hydrogens (primary N) is 1. The largest absolute Gasteiger partial charge is 0.365 e. The molecule has 0 spiro atoms. The molecule has 0 aromatic carbocycles. The minimum atomic E-state index is -0.672. The molecule has 0 bridgehead atoms. The zero-order valence-corrected chi connectivity index (χ0v) is 11.5. The second-order valence-corrected chi connectivity index (χ2v) is 5.40. The Bertz CT molecular complexity index is 532. The third-order valence-electron chi connectivity index (χ3n) is 3.99. The molecule has 1 aromatic rings. The van der Waals surface area contributed by atoms with Crippen LogP contribution in [-0.2, 0) is 13.6 Å². The SMILES string of the molecule is C[C@H](NCc1cc(C(N)=O)c(=O)n(C)c1)C1CCC1. The van der Waals surface area contributed by atoms with Crippen LogP contribution in [0.3, 0.4) is 0 Å². The van der Waals surface area contributed by atoms with Crippen molar-refractivity contribution in [2.75, 3.05) is 0 Å². The number of carbonyl (C=O) groups is 1. The van der Waals surface area contributed by atoms with Crippen LogP contribution in [0.25, 0.3) is 0 Å². The Kier molecular flexibility index (Phi) is 4.04. The smallest absolute Gasteiger partial charge is 0.263 e. The van der Waals surface area contributed by atoms with Crippen LogP contribution >= 0.6 is 0 Å². The molecule has 1 aromatic heterocycles. The van der Waals surface area contributed by atoms with E-state index in [0.717, 1.165) is 11.5 Å². The van der Waals surface area contributed by atoms with Gasteiger partial charge in [0, 0.05) is 25.8 Å². The molecule has 0 saturated heterocycles. The van der Waals surface area contributed by atoms with E-state index in [1.807, 2.05) is 0 Å². The molecular weight excluding hydrogens is 242 g/mol. The molecule has 1 amide bonds. The van der Waals surface area contributed by atoms with Crippen molar-refractivity contribution < 1.29 is 4.79 Å². The standard InChI is InChI=1S/C14H21N3O2/c1-9(11-4-3-5-11)16-7-10-6-12(13(15)18)14(19)17(2)8-10/h6,8-9,11,16H,3-5,7H2,1-2H3,(H2,15,18)/t9-/m0/s1. The van der Waals surface area contributed by atoms with Crippen molar-refractivity contribution in [2.24, 2.45) is 18.7 Å². The number of nitrogens with one attached hydrogen (secondary N) is 1. The minimum absolute atomic E-state index is 0.0538. The molecule has 0 aliphatic heterocycles. The van der Waals surface area contributed by atoms with Gasteiger partial charge in [0.15, 0.2) is 0 Å². The number of hydrogen-bond donors (Lipinski definition) is 2. The molecule has 5 heteroatoms. The lowest BCUT2D eigenvalue weighted by molar-refractivity contribution is 0.0998. The van der Waals surface area contributed by atoms with Gasteiger partial charge in [-0.1, -0.05) is 6.42 Å². The summed E-state index contributed by atoms with van der Waals surface area (Å²) < 4.78 is 1.41. The lowest BCUT2D eigenvalue weighted by atomic mass is 9.80. The van der Waals surface area contributed by atoms with Crippen molar-refractivity contribution in [2.45, 2.75) is 38.8 Å². The summed E-state index contributed by atoms with van der Waals surface area (Å²) in [5.41, 5.74) is 5.83. The number of pyridine rings is 1. The number of aromatic nitrogens is 1. The van der Waals surface area contributed by atoms with Gasteiger partial charge in [-0.15, -0.1) is 0 Å². The van der Waals surface area contributed by atoms with Gasteiger partial charge in [-0.2, -0.15) is 0 Å². The van der Waals surface area contributed by atoms with E-state index < -0.39 is 5.91 Å². The summed E-state index contributed by atoms with van der Waals surface area (Å²) in [6.07, 6.45) is 5.64. The van der Waals surface area contributed by atoms with Gasteiger partial charge in [-0.25, -0.2) is 0 Å². The molecule has 0 unspecified atom stereocenters. The summed E-state index contributed by atoms with van der Waals surface area (Å²) >= 11 is 0. The maximum Gasteiger partial charge on any atom is 0.263 e. The van der Waals surface area contributed by atoms with Gasteiger partial charge in [0.05, 0.1) is 0 Å². The van der Waals surface area contributed by atoms with Gasteiger partial charge < -0.3 is 15.6 Å². The molecule has 1 fully saturated rings. The normalized spacial score (nSPS) is 16.9. The molecule has 3 N–H and O–H groups in total. The molecular formula is C14H21N3O2. The zero-order valence-electron chi connectivity index (χ0n) is 11.5. The summed E-state index contributed by atoms with van der Waals surface area (Å²) in [5, 5.41) is 3.45. The second-order valence-electron chi connectivity index (χ2n) is 5.40. The Morgan fingerprint density at radius 2 is 2.26 bits per heavy atom. The topological polar surface area (TPSA) is 77.1 Å². The molecule has 19 heavy (non-hydrogen) atoms. The minimum Gasteiger partial charge on any atom is -0.365 e. The fourth-order valence-corrected chi connectivity index (χ4v) is 2.44. The van der Waals surface area contributed by atoms with E-state index in [4.69, 9.17) is 5.73 Å². The van der Waals surface area contributed by atoms with E-state index in [9.17, 15) is 9.59 Å². The van der Waals surface area contributed by atoms with Crippen LogP contribution in [0.15, 0.2) is 17.1 Å². The highest BCUT2D eigenvalue weighted by Gasteiger charge is 2.23. The number of aryl methyl sites for hydroxylation is 1. The number of nitrogens with zero attached hydrogens (tertiary/aromatic N) is 1. The number of rotatable bonds is 5. The first-order valence-electron chi connectivity index (χ1n) is 6.71. The van der Waals surface area contributed by atoms with Crippen LogP contribution in [0.5, 0.6) is 0 Å². The fraction of sp³-hybridized carbons (Fsp3) is 0.571. The van der Waals surface area contributed by atoms with Gasteiger partial charge in [-0.3, -0.25) is 9.59 Å². The molecule has 1 saturated carbocycles. The van der Waals surface area contributed by atoms with Crippen LogP contribution in [-0.4, -0.2) is 16.5 Å². The van der Waals surface area contributed by atoms with Crippen molar-refractivity contribution in [3.63, 3.8) is 0 Å². The molecule has 1 aliphatic rings. The van der Waals surface area contributed by atoms with E-state index in [1.54, 1.807) is 19.3 Å². The number of hydrogen-bond acceptors (Lipinski definition) is 3. The van der Waals surface area contributed by atoms with Crippen LogP contribution in [0.1, 0.15) is 42.1 Å². The summed E-state index contributed by atoms with van der Waals surface area (Å²) in [6, 6.07) is 2.05. The maximum absolute atomic E-state index is 11.7. The van der Waals surface area contributed by atoms with Gasteiger partial charge >= 0.3 is 0 Å². The predicted octanol–water partition coefficient (Wildman–Crippen LogP) is 0.762. The Hall–Kier alpha value is -1.62. The van der Waals surface area contributed by atoms with Crippen molar-refractivity contribution in [1.82, 2.24) is 9.88 Å². The first-order valence-corrected chi connectivity index (χ1v) is 6.71. The van der Waals surface area contributed by atoms with Crippen molar-refractivity contribution in [3.05, 3.63) is 33.7 Å². The molecule has 1 atom stereocenters.